The zero-order valence-electron chi connectivity index (χ0n) is 12.0. The second-order valence-electron chi connectivity index (χ2n) is 5.40. The number of likely N-dealkylation sites (N-methyl/N-ethyl adjacent to an activating group) is 2. The van der Waals surface area contributed by atoms with Gasteiger partial charge in [0.15, 0.2) is 0 Å². The Morgan fingerprint density at radius 2 is 2.12 bits per heavy atom. The van der Waals surface area contributed by atoms with Gasteiger partial charge in [0.2, 0.25) is 0 Å². The molecule has 3 heteroatoms. The monoisotopic (exact) mass is 242 g/mol. The minimum Gasteiger partial charge on any atom is -0.383 e. The molecule has 1 N–H and O–H groups in total. The summed E-state index contributed by atoms with van der Waals surface area (Å²) in [6.45, 7) is 4.17. The second kappa shape index (κ2) is 8.06. The summed E-state index contributed by atoms with van der Waals surface area (Å²) in [6.07, 6.45) is 6.78. The molecule has 1 aliphatic carbocycles. The molecular weight excluding hydrogens is 212 g/mol. The number of ether oxygens (including phenoxy) is 1. The molecule has 0 radical (unpaired) electrons. The van der Waals surface area contributed by atoms with Crippen LogP contribution in [0.2, 0.25) is 0 Å². The van der Waals surface area contributed by atoms with Crippen molar-refractivity contribution in [2.45, 2.75) is 51.1 Å². The molecule has 0 aromatic carbocycles. The Kier molecular flexibility index (Phi) is 7.09. The molecule has 17 heavy (non-hydrogen) atoms. The van der Waals surface area contributed by atoms with Gasteiger partial charge in [-0.25, -0.2) is 0 Å². The summed E-state index contributed by atoms with van der Waals surface area (Å²) in [5.41, 5.74) is 0. The molecule has 1 fully saturated rings. The highest BCUT2D eigenvalue weighted by atomic mass is 16.5. The molecule has 3 nitrogen and oxygen atoms in total. The van der Waals surface area contributed by atoms with Gasteiger partial charge in [-0.1, -0.05) is 19.8 Å². The van der Waals surface area contributed by atoms with Crippen LogP contribution < -0.4 is 5.32 Å². The van der Waals surface area contributed by atoms with Gasteiger partial charge < -0.3 is 10.1 Å². The molecule has 0 saturated heterocycles. The highest BCUT2D eigenvalue weighted by molar-refractivity contribution is 4.89. The normalized spacial score (nSPS) is 29.8. The van der Waals surface area contributed by atoms with Gasteiger partial charge in [-0.2, -0.15) is 0 Å². The predicted octanol–water partition coefficient (Wildman–Crippen LogP) is 2.12. The van der Waals surface area contributed by atoms with Crippen molar-refractivity contribution >= 4 is 0 Å². The van der Waals surface area contributed by atoms with E-state index in [0.717, 1.165) is 19.1 Å². The summed E-state index contributed by atoms with van der Waals surface area (Å²) in [6, 6.07) is 1.34. The second-order valence-corrected chi connectivity index (χ2v) is 5.40. The van der Waals surface area contributed by atoms with Crippen LogP contribution in [0.4, 0.5) is 0 Å². The lowest BCUT2D eigenvalue weighted by Gasteiger charge is -2.41. The summed E-state index contributed by atoms with van der Waals surface area (Å²) in [7, 11) is 6.12. The molecule has 0 amide bonds. The largest absolute Gasteiger partial charge is 0.383 e. The van der Waals surface area contributed by atoms with Crippen molar-refractivity contribution in [1.82, 2.24) is 10.2 Å². The number of methoxy groups -OCH3 is 1. The highest BCUT2D eigenvalue weighted by Gasteiger charge is 2.31. The highest BCUT2D eigenvalue weighted by Crippen LogP contribution is 2.30. The van der Waals surface area contributed by atoms with Gasteiger partial charge in [0.05, 0.1) is 6.61 Å². The Morgan fingerprint density at radius 1 is 1.35 bits per heavy atom. The van der Waals surface area contributed by atoms with Gasteiger partial charge in [0.25, 0.3) is 0 Å². The van der Waals surface area contributed by atoms with Gasteiger partial charge >= 0.3 is 0 Å². The van der Waals surface area contributed by atoms with Gasteiger partial charge in [-0.05, 0) is 39.3 Å². The SMILES string of the molecule is CCCC1CCC(NC)C(N(C)CCOC)C1. The van der Waals surface area contributed by atoms with E-state index in [9.17, 15) is 0 Å². The van der Waals surface area contributed by atoms with Gasteiger partial charge in [0, 0.05) is 25.7 Å². The third-order valence-corrected chi connectivity index (χ3v) is 4.21. The number of hydrogen-bond donors (Lipinski definition) is 1. The Morgan fingerprint density at radius 3 is 2.71 bits per heavy atom. The van der Waals surface area contributed by atoms with E-state index in [1.54, 1.807) is 7.11 Å². The van der Waals surface area contributed by atoms with Crippen LogP contribution in [-0.4, -0.2) is 51.3 Å². The quantitative estimate of drug-likeness (QED) is 0.740. The van der Waals surface area contributed by atoms with E-state index >= 15 is 0 Å². The van der Waals surface area contributed by atoms with Crippen LogP contribution in [0.3, 0.4) is 0 Å². The number of rotatable bonds is 7. The van der Waals surface area contributed by atoms with E-state index in [4.69, 9.17) is 4.74 Å². The zero-order valence-corrected chi connectivity index (χ0v) is 12.0. The summed E-state index contributed by atoms with van der Waals surface area (Å²) in [5.74, 6) is 0.930. The summed E-state index contributed by atoms with van der Waals surface area (Å²) < 4.78 is 5.18. The van der Waals surface area contributed by atoms with Crippen molar-refractivity contribution in [1.29, 1.82) is 0 Å². The lowest BCUT2D eigenvalue weighted by molar-refractivity contribution is 0.0875. The average molecular weight is 242 g/mol. The molecular formula is C14H30N2O. The van der Waals surface area contributed by atoms with E-state index in [2.05, 4.69) is 31.2 Å². The van der Waals surface area contributed by atoms with Crippen LogP contribution in [0.5, 0.6) is 0 Å². The van der Waals surface area contributed by atoms with Crippen molar-refractivity contribution < 1.29 is 4.74 Å². The van der Waals surface area contributed by atoms with Crippen molar-refractivity contribution in [3.05, 3.63) is 0 Å². The lowest BCUT2D eigenvalue weighted by atomic mass is 9.79. The van der Waals surface area contributed by atoms with Crippen molar-refractivity contribution in [2.75, 3.05) is 34.4 Å². The van der Waals surface area contributed by atoms with E-state index in [1.165, 1.54) is 32.1 Å². The molecule has 0 heterocycles. The Labute approximate surface area is 107 Å². The molecule has 3 atom stereocenters. The summed E-state index contributed by atoms with van der Waals surface area (Å²) in [4.78, 5) is 2.48. The topological polar surface area (TPSA) is 24.5 Å². The molecule has 0 aliphatic heterocycles. The van der Waals surface area contributed by atoms with Crippen LogP contribution in [-0.2, 0) is 4.74 Å². The smallest absolute Gasteiger partial charge is 0.0589 e. The van der Waals surface area contributed by atoms with Crippen LogP contribution in [0.1, 0.15) is 39.0 Å². The average Bonchev–Trinajstić information content (AvgIpc) is 2.36. The predicted molar refractivity (Wildman–Crippen MR) is 73.4 cm³/mol. The third kappa shape index (κ3) is 4.57. The molecule has 0 spiro atoms. The van der Waals surface area contributed by atoms with Crippen molar-refractivity contribution in [2.24, 2.45) is 5.92 Å². The fourth-order valence-electron chi connectivity index (χ4n) is 3.13. The van der Waals surface area contributed by atoms with E-state index in [1.807, 2.05) is 0 Å². The van der Waals surface area contributed by atoms with Crippen LogP contribution in [0.15, 0.2) is 0 Å². The number of nitrogens with one attached hydrogen (secondary N) is 1. The molecule has 102 valence electrons. The third-order valence-electron chi connectivity index (χ3n) is 4.21. The maximum Gasteiger partial charge on any atom is 0.0589 e. The van der Waals surface area contributed by atoms with Crippen LogP contribution in [0.25, 0.3) is 0 Å². The van der Waals surface area contributed by atoms with Crippen LogP contribution in [0, 0.1) is 5.92 Å². The van der Waals surface area contributed by atoms with Gasteiger partial charge in [0.1, 0.15) is 0 Å². The fraction of sp³-hybridized carbons (Fsp3) is 1.00. The summed E-state index contributed by atoms with van der Waals surface area (Å²) in [5, 5.41) is 3.49. The van der Waals surface area contributed by atoms with E-state index < -0.39 is 0 Å². The number of hydrogen-bond acceptors (Lipinski definition) is 3. The van der Waals surface area contributed by atoms with Crippen LogP contribution >= 0.6 is 0 Å². The molecule has 3 unspecified atom stereocenters. The van der Waals surface area contributed by atoms with Gasteiger partial charge in [-0.3, -0.25) is 4.90 Å². The van der Waals surface area contributed by atoms with E-state index in [0.29, 0.717) is 12.1 Å². The van der Waals surface area contributed by atoms with Crippen molar-refractivity contribution in [3.63, 3.8) is 0 Å². The molecule has 1 saturated carbocycles. The standard InChI is InChI=1S/C14H30N2O/c1-5-6-12-7-8-13(15-2)14(11-12)16(3)9-10-17-4/h12-15H,5-11H2,1-4H3. The van der Waals surface area contributed by atoms with Crippen molar-refractivity contribution in [3.8, 4) is 0 Å². The molecule has 0 aromatic heterocycles. The first-order chi connectivity index (χ1) is 8.22. The minimum atomic E-state index is 0.657. The first kappa shape index (κ1) is 14.9. The molecule has 1 aliphatic rings. The van der Waals surface area contributed by atoms with Gasteiger partial charge in [-0.15, -0.1) is 0 Å². The zero-order chi connectivity index (χ0) is 12.7. The molecule has 1 rings (SSSR count). The summed E-state index contributed by atoms with van der Waals surface area (Å²) >= 11 is 0. The fourth-order valence-corrected chi connectivity index (χ4v) is 3.13. The molecule has 0 aromatic rings. The first-order valence-electron chi connectivity index (χ1n) is 7.09. The maximum atomic E-state index is 5.18. The first-order valence-corrected chi connectivity index (χ1v) is 7.09. The Hall–Kier alpha value is -0.120. The minimum absolute atomic E-state index is 0.657. The maximum absolute atomic E-state index is 5.18. The van der Waals surface area contributed by atoms with E-state index in [-0.39, 0.29) is 0 Å². The Balaban J connectivity index is 2.49. The Bertz CT molecular complexity index is 199. The number of nitrogens with zero attached hydrogens (tertiary/aromatic N) is 1. The lowest BCUT2D eigenvalue weighted by Crippen LogP contribution is -2.51. The molecule has 0 bridgehead atoms.